The quantitative estimate of drug-likeness (QED) is 0.109. The SMILES string of the molecule is C=CC[C@H](NC(=O)[C@@H]1C[C@@H](CCCc2cccc3ccccc23)c2c(Cl)nc(NCCCC)c(=O)n21)B1OC2CC3CC(C3(C)C)[C@@]2(C)O1. The van der Waals surface area contributed by atoms with Crippen molar-refractivity contribution < 1.29 is 14.1 Å². The molecule has 3 heterocycles. The maximum Gasteiger partial charge on any atom is 0.482 e. The maximum atomic E-state index is 14.3. The lowest BCUT2D eigenvalue weighted by Gasteiger charge is -2.64. The van der Waals surface area contributed by atoms with Crippen molar-refractivity contribution in [3.63, 3.8) is 0 Å². The van der Waals surface area contributed by atoms with Crippen LogP contribution >= 0.6 is 11.6 Å². The van der Waals surface area contributed by atoms with Crippen LogP contribution in [0.25, 0.3) is 10.8 Å². The first-order valence-electron chi connectivity index (χ1n) is 18.3. The fourth-order valence-corrected chi connectivity index (χ4v) is 9.81. The summed E-state index contributed by atoms with van der Waals surface area (Å²) in [5, 5.41) is 9.20. The minimum absolute atomic E-state index is 0.000989. The average molecular weight is 685 g/mol. The van der Waals surface area contributed by atoms with E-state index < -0.39 is 24.7 Å². The van der Waals surface area contributed by atoms with Crippen molar-refractivity contribution in [2.45, 2.75) is 115 Å². The number of amides is 1. The number of anilines is 1. The van der Waals surface area contributed by atoms with Crippen LogP contribution in [0.3, 0.4) is 0 Å². The van der Waals surface area contributed by atoms with Crippen molar-refractivity contribution in [1.29, 1.82) is 0 Å². The zero-order valence-electron chi connectivity index (χ0n) is 29.3. The third-order valence-electron chi connectivity index (χ3n) is 12.4. The Morgan fingerprint density at radius 3 is 2.73 bits per heavy atom. The lowest BCUT2D eigenvalue weighted by molar-refractivity contribution is -0.199. The molecule has 8 rings (SSSR count). The van der Waals surface area contributed by atoms with Gasteiger partial charge in [0.05, 0.1) is 23.3 Å². The first-order valence-corrected chi connectivity index (χ1v) is 18.7. The van der Waals surface area contributed by atoms with Crippen molar-refractivity contribution in [2.75, 3.05) is 11.9 Å². The van der Waals surface area contributed by atoms with Gasteiger partial charge < -0.3 is 19.9 Å². The molecule has 3 unspecified atom stereocenters. The van der Waals surface area contributed by atoms with E-state index in [0.717, 1.165) is 44.9 Å². The number of aryl methyl sites for hydroxylation is 1. The molecule has 49 heavy (non-hydrogen) atoms. The number of hydrogen-bond donors (Lipinski definition) is 2. The molecule has 8 nitrogen and oxygen atoms in total. The topological polar surface area (TPSA) is 94.5 Å². The molecule has 260 valence electrons. The standard InChI is InChI=1S/C39H50BClN4O4/c1-6-8-20-42-35-37(47)45-29(21-26(33(45)34(41)44-35)18-12-17-25-16-11-15-24-14-9-10-19-28(24)25)36(46)43-32(13-7-2)40-48-31-23-27-22-30(38(27,3)4)39(31,5)49-40/h7,9-11,14-16,19,26-27,29-32H,2,6,8,12-13,17-18,20-23H2,1,3-5H3,(H,42,44)(H,43,46)/t26-,27?,29+,30?,31?,32+,39-/m1/s1. The smallest absolute Gasteiger partial charge is 0.404 e. The molecule has 1 aromatic heterocycles. The Balaban J connectivity index is 1.12. The molecule has 2 aliphatic heterocycles. The van der Waals surface area contributed by atoms with E-state index in [1.807, 2.05) is 0 Å². The molecule has 1 amide bonds. The van der Waals surface area contributed by atoms with E-state index in [4.69, 9.17) is 20.9 Å². The van der Waals surface area contributed by atoms with E-state index in [-0.39, 0.29) is 39.9 Å². The number of carbonyl (C=O) groups excluding carboxylic acids is 1. The Morgan fingerprint density at radius 2 is 1.96 bits per heavy atom. The van der Waals surface area contributed by atoms with Crippen molar-refractivity contribution in [1.82, 2.24) is 14.9 Å². The van der Waals surface area contributed by atoms with Gasteiger partial charge in [-0.25, -0.2) is 4.98 Å². The summed E-state index contributed by atoms with van der Waals surface area (Å²) in [5.41, 5.74) is 1.47. The number of unbranched alkanes of at least 4 members (excludes halogenated alkanes) is 1. The van der Waals surface area contributed by atoms with Crippen molar-refractivity contribution in [2.24, 2.45) is 17.3 Å². The summed E-state index contributed by atoms with van der Waals surface area (Å²) < 4.78 is 14.9. The number of hydrogen-bond acceptors (Lipinski definition) is 6. The normalized spacial score (nSPS) is 28.4. The van der Waals surface area contributed by atoms with Gasteiger partial charge in [-0.3, -0.25) is 14.2 Å². The number of nitrogens with zero attached hydrogens (tertiary/aromatic N) is 2. The molecular weight excluding hydrogens is 635 g/mol. The van der Waals surface area contributed by atoms with Gasteiger partial charge in [-0.05, 0) is 91.9 Å². The average Bonchev–Trinajstić information content (AvgIpc) is 3.65. The molecule has 4 fully saturated rings. The van der Waals surface area contributed by atoms with E-state index >= 15 is 0 Å². The minimum atomic E-state index is -0.726. The molecule has 2 N–H and O–H groups in total. The van der Waals surface area contributed by atoms with Gasteiger partial charge in [-0.15, -0.1) is 6.58 Å². The number of nitrogens with one attached hydrogen (secondary N) is 2. The van der Waals surface area contributed by atoms with Crippen LogP contribution in [0.2, 0.25) is 5.15 Å². The van der Waals surface area contributed by atoms with Crippen molar-refractivity contribution >= 4 is 41.2 Å². The van der Waals surface area contributed by atoms with Crippen LogP contribution < -0.4 is 16.2 Å². The molecule has 0 radical (unpaired) electrons. The second-order valence-corrected chi connectivity index (χ2v) is 15.9. The molecule has 10 heteroatoms. The number of fused-ring (bicyclic) bond motifs is 2. The fourth-order valence-electron chi connectivity index (χ4n) is 9.48. The molecule has 3 saturated carbocycles. The molecule has 2 bridgehead atoms. The van der Waals surface area contributed by atoms with Gasteiger partial charge in [-0.2, -0.15) is 0 Å². The third-order valence-corrected chi connectivity index (χ3v) is 12.6. The van der Waals surface area contributed by atoms with Crippen molar-refractivity contribution in [3.05, 3.63) is 81.9 Å². The molecule has 7 atom stereocenters. The second kappa shape index (κ2) is 13.5. The van der Waals surface area contributed by atoms with Gasteiger partial charge in [-0.1, -0.05) is 87.3 Å². The van der Waals surface area contributed by atoms with E-state index in [9.17, 15) is 9.59 Å². The highest BCUT2D eigenvalue weighted by Crippen LogP contribution is 2.65. The number of rotatable bonds is 13. The van der Waals surface area contributed by atoms with Gasteiger partial charge in [0.1, 0.15) is 6.04 Å². The summed E-state index contributed by atoms with van der Waals surface area (Å²) in [7, 11) is -0.589. The van der Waals surface area contributed by atoms with Crippen LogP contribution in [0.4, 0.5) is 5.82 Å². The fraction of sp³-hybridized carbons (Fsp3) is 0.564. The molecular formula is C39H50BClN4O4. The zero-order valence-corrected chi connectivity index (χ0v) is 30.1. The molecule has 0 spiro atoms. The number of halogens is 1. The second-order valence-electron chi connectivity index (χ2n) is 15.5. The largest absolute Gasteiger partial charge is 0.482 e. The number of aromatic nitrogens is 2. The molecule has 1 saturated heterocycles. The van der Waals surface area contributed by atoms with E-state index in [0.29, 0.717) is 36.9 Å². The summed E-state index contributed by atoms with van der Waals surface area (Å²) in [4.78, 5) is 32.9. The first kappa shape index (κ1) is 34.3. The monoisotopic (exact) mass is 684 g/mol. The highest BCUT2D eigenvalue weighted by Gasteiger charge is 2.68. The van der Waals surface area contributed by atoms with E-state index in [1.165, 1.54) is 16.3 Å². The van der Waals surface area contributed by atoms with E-state index in [2.05, 4.69) is 92.4 Å². The number of benzene rings is 2. The Kier molecular flexibility index (Phi) is 9.48. The van der Waals surface area contributed by atoms with Crippen LogP contribution in [-0.2, 0) is 20.5 Å². The van der Waals surface area contributed by atoms with Crippen molar-refractivity contribution in [3.8, 4) is 0 Å². The van der Waals surface area contributed by atoms with Crippen LogP contribution in [0, 0.1) is 17.3 Å². The lowest BCUT2D eigenvalue weighted by Crippen LogP contribution is -2.65. The van der Waals surface area contributed by atoms with Gasteiger partial charge in [0.25, 0.3) is 5.56 Å². The summed E-state index contributed by atoms with van der Waals surface area (Å²) in [5.74, 6) is 0.485. The minimum Gasteiger partial charge on any atom is -0.404 e. The highest BCUT2D eigenvalue weighted by molar-refractivity contribution is 6.48. The molecule has 3 aromatic rings. The van der Waals surface area contributed by atoms with Gasteiger partial charge >= 0.3 is 7.12 Å². The Labute approximate surface area is 295 Å². The van der Waals surface area contributed by atoms with E-state index in [1.54, 1.807) is 10.6 Å². The predicted molar refractivity (Wildman–Crippen MR) is 197 cm³/mol. The summed E-state index contributed by atoms with van der Waals surface area (Å²) in [6, 6.07) is 14.1. The van der Waals surface area contributed by atoms with Crippen LogP contribution in [0.1, 0.15) is 102 Å². The molecule has 5 aliphatic rings. The lowest BCUT2D eigenvalue weighted by atomic mass is 9.43. The molecule has 3 aliphatic carbocycles. The number of carbonyl (C=O) groups is 1. The summed E-state index contributed by atoms with van der Waals surface area (Å²) >= 11 is 6.89. The molecule has 2 aromatic carbocycles. The van der Waals surface area contributed by atoms with Crippen LogP contribution in [-0.4, -0.2) is 46.8 Å². The highest BCUT2D eigenvalue weighted by atomic mass is 35.5. The Bertz CT molecular complexity index is 1790. The third kappa shape index (κ3) is 6.04. The summed E-state index contributed by atoms with van der Waals surface area (Å²) in [6.45, 7) is 13.5. The zero-order chi connectivity index (χ0) is 34.5. The van der Waals surface area contributed by atoms with Gasteiger partial charge in [0.2, 0.25) is 5.91 Å². The van der Waals surface area contributed by atoms with Crippen LogP contribution in [0.5, 0.6) is 0 Å². The summed E-state index contributed by atoms with van der Waals surface area (Å²) in [6.07, 6.45) is 9.30. The van der Waals surface area contributed by atoms with Gasteiger partial charge in [0, 0.05) is 12.5 Å². The predicted octanol–water partition coefficient (Wildman–Crippen LogP) is 7.64. The van der Waals surface area contributed by atoms with Gasteiger partial charge in [0.15, 0.2) is 11.0 Å². The maximum absolute atomic E-state index is 14.3. The Hall–Kier alpha value is -3.14. The Morgan fingerprint density at radius 1 is 1.16 bits per heavy atom. The first-order chi connectivity index (χ1) is 23.6. The van der Waals surface area contributed by atoms with Crippen LogP contribution in [0.15, 0.2) is 59.9 Å².